The molecule has 0 unspecified atom stereocenters. The van der Waals surface area contributed by atoms with Crippen LogP contribution in [0.4, 0.5) is 0 Å². The Balaban J connectivity index is 2.27. The Hall–Kier alpha value is -1.98. The molecule has 2 aromatic carbocycles. The van der Waals surface area contributed by atoms with Gasteiger partial charge in [-0.1, -0.05) is 0 Å². The van der Waals surface area contributed by atoms with Crippen LogP contribution in [0.3, 0.4) is 0 Å². The van der Waals surface area contributed by atoms with Crippen LogP contribution < -0.4 is 5.73 Å². The second kappa shape index (κ2) is 5.79. The molecule has 3 rings (SSSR count). The molecule has 3 aromatic rings. The summed E-state index contributed by atoms with van der Waals surface area (Å²) in [5, 5.41) is 21.3. The molecule has 1 heterocycles. The predicted octanol–water partition coefficient (Wildman–Crippen LogP) is 3.24. The number of hydrogen-bond donors (Lipinski definition) is 3. The van der Waals surface area contributed by atoms with E-state index in [1.165, 1.54) is 0 Å². The van der Waals surface area contributed by atoms with Crippen molar-refractivity contribution in [1.82, 2.24) is 4.98 Å². The van der Waals surface area contributed by atoms with Crippen LogP contribution in [-0.4, -0.2) is 27.5 Å². The van der Waals surface area contributed by atoms with E-state index in [2.05, 4.69) is 4.98 Å². The van der Waals surface area contributed by atoms with Gasteiger partial charge in [0.2, 0.25) is 0 Å². The van der Waals surface area contributed by atoms with Gasteiger partial charge < -0.3 is 15.9 Å². The van der Waals surface area contributed by atoms with Crippen LogP contribution in [0.5, 0.6) is 11.5 Å². The van der Waals surface area contributed by atoms with Gasteiger partial charge in [-0.25, -0.2) is 4.98 Å². The highest BCUT2D eigenvalue weighted by Crippen LogP contribution is 2.37. The van der Waals surface area contributed by atoms with E-state index in [0.29, 0.717) is 6.54 Å². The molecular formula is C16H16N2O2S. The number of benzene rings is 2. The fourth-order valence-electron chi connectivity index (χ4n) is 2.29. The smallest absolute Gasteiger partial charge is 0.116 e. The van der Waals surface area contributed by atoms with Crippen LogP contribution in [0, 0.1) is 0 Å². The third-order valence-electron chi connectivity index (χ3n) is 3.29. The number of pyridine rings is 1. The molecule has 108 valence electrons. The molecule has 0 spiro atoms. The zero-order valence-corrected chi connectivity index (χ0v) is 12.2. The molecule has 0 aliphatic heterocycles. The normalized spacial score (nSPS) is 11.3. The SMILES string of the molecule is NCCCSc1c2cc(O)ccc2nc2ccc(O)cc12. The first-order chi connectivity index (χ1) is 10.2. The fraction of sp³-hybridized carbons (Fsp3) is 0.188. The van der Waals surface area contributed by atoms with E-state index < -0.39 is 0 Å². The van der Waals surface area contributed by atoms with E-state index in [9.17, 15) is 10.2 Å². The first kappa shape index (κ1) is 14.0. The van der Waals surface area contributed by atoms with Gasteiger partial charge in [0.05, 0.1) is 11.0 Å². The van der Waals surface area contributed by atoms with E-state index in [0.717, 1.165) is 38.9 Å². The molecule has 21 heavy (non-hydrogen) atoms. The van der Waals surface area contributed by atoms with Gasteiger partial charge in [-0.2, -0.15) is 0 Å². The summed E-state index contributed by atoms with van der Waals surface area (Å²) in [5.74, 6) is 1.31. The molecule has 0 saturated heterocycles. The Bertz CT molecular complexity index is 745. The van der Waals surface area contributed by atoms with Gasteiger partial charge in [-0.05, 0) is 55.1 Å². The van der Waals surface area contributed by atoms with Crippen molar-refractivity contribution in [2.75, 3.05) is 12.3 Å². The standard InChI is InChI=1S/C16H16N2O2S/c17-6-1-7-21-16-12-8-10(19)2-4-14(12)18-15-5-3-11(20)9-13(15)16/h2-5,8-9,19-20H,1,6-7,17H2. The number of rotatable bonds is 4. The maximum absolute atomic E-state index is 9.75. The first-order valence-corrected chi connectivity index (χ1v) is 7.76. The number of hydrogen-bond acceptors (Lipinski definition) is 5. The molecular weight excluding hydrogens is 284 g/mol. The fourth-order valence-corrected chi connectivity index (χ4v) is 3.45. The van der Waals surface area contributed by atoms with Gasteiger partial charge in [-0.15, -0.1) is 11.8 Å². The summed E-state index contributed by atoms with van der Waals surface area (Å²) in [6, 6.07) is 10.3. The Labute approximate surface area is 126 Å². The second-order valence-corrected chi connectivity index (χ2v) is 5.94. The molecule has 0 atom stereocenters. The minimum atomic E-state index is 0.212. The monoisotopic (exact) mass is 300 g/mol. The number of nitrogens with zero attached hydrogens (tertiary/aromatic N) is 1. The highest BCUT2D eigenvalue weighted by Gasteiger charge is 2.11. The van der Waals surface area contributed by atoms with Gasteiger partial charge in [0.1, 0.15) is 11.5 Å². The van der Waals surface area contributed by atoms with Crippen LogP contribution in [0.1, 0.15) is 6.42 Å². The summed E-state index contributed by atoms with van der Waals surface area (Å²) < 4.78 is 0. The number of aromatic nitrogens is 1. The highest BCUT2D eigenvalue weighted by atomic mass is 32.2. The zero-order chi connectivity index (χ0) is 14.8. The topological polar surface area (TPSA) is 79.4 Å². The van der Waals surface area contributed by atoms with Crippen molar-refractivity contribution in [3.8, 4) is 11.5 Å². The first-order valence-electron chi connectivity index (χ1n) is 6.77. The Kier molecular flexibility index (Phi) is 3.86. The lowest BCUT2D eigenvalue weighted by molar-refractivity contribution is 0.476. The summed E-state index contributed by atoms with van der Waals surface area (Å²) in [4.78, 5) is 5.61. The van der Waals surface area contributed by atoms with E-state index in [-0.39, 0.29) is 11.5 Å². The Morgan fingerprint density at radius 1 is 0.952 bits per heavy atom. The van der Waals surface area contributed by atoms with Crippen molar-refractivity contribution in [2.24, 2.45) is 5.73 Å². The molecule has 4 nitrogen and oxygen atoms in total. The van der Waals surface area contributed by atoms with Crippen LogP contribution in [0.2, 0.25) is 0 Å². The zero-order valence-electron chi connectivity index (χ0n) is 11.4. The quantitative estimate of drug-likeness (QED) is 0.391. The highest BCUT2D eigenvalue weighted by molar-refractivity contribution is 7.99. The largest absolute Gasteiger partial charge is 0.508 e. The summed E-state index contributed by atoms with van der Waals surface area (Å²) in [7, 11) is 0. The number of thioether (sulfide) groups is 1. The lowest BCUT2D eigenvalue weighted by Gasteiger charge is -2.11. The summed E-state index contributed by atoms with van der Waals surface area (Å²) in [6.45, 7) is 0.643. The van der Waals surface area contributed by atoms with Crippen LogP contribution in [0.25, 0.3) is 21.8 Å². The van der Waals surface area contributed by atoms with Crippen LogP contribution in [0.15, 0.2) is 41.3 Å². The number of aromatic hydroxyl groups is 2. The average Bonchev–Trinajstić information content (AvgIpc) is 2.47. The van der Waals surface area contributed by atoms with Crippen LogP contribution in [-0.2, 0) is 0 Å². The third-order valence-corrected chi connectivity index (χ3v) is 4.51. The van der Waals surface area contributed by atoms with E-state index in [4.69, 9.17) is 5.73 Å². The Morgan fingerprint density at radius 3 is 2.05 bits per heavy atom. The molecule has 0 bridgehead atoms. The van der Waals surface area contributed by atoms with E-state index in [1.54, 1.807) is 36.0 Å². The van der Waals surface area contributed by atoms with Crippen LogP contribution >= 0.6 is 11.8 Å². The van der Waals surface area contributed by atoms with Crippen molar-refractivity contribution in [2.45, 2.75) is 11.3 Å². The molecule has 0 fully saturated rings. The molecule has 4 N–H and O–H groups in total. The molecule has 0 aliphatic carbocycles. The van der Waals surface area contributed by atoms with Crippen molar-refractivity contribution >= 4 is 33.6 Å². The van der Waals surface area contributed by atoms with Gasteiger partial charge in [-0.3, -0.25) is 0 Å². The summed E-state index contributed by atoms with van der Waals surface area (Å²) >= 11 is 1.68. The molecule has 0 aliphatic rings. The third kappa shape index (κ3) is 2.75. The number of phenolic OH excluding ortho intramolecular Hbond substituents is 2. The Morgan fingerprint density at radius 2 is 1.52 bits per heavy atom. The predicted molar refractivity (Wildman–Crippen MR) is 87.0 cm³/mol. The van der Waals surface area contributed by atoms with Crippen molar-refractivity contribution < 1.29 is 10.2 Å². The maximum Gasteiger partial charge on any atom is 0.116 e. The van der Waals surface area contributed by atoms with Gasteiger partial charge in [0.15, 0.2) is 0 Å². The lowest BCUT2D eigenvalue weighted by Crippen LogP contribution is -1.99. The molecule has 1 aromatic heterocycles. The molecule has 5 heteroatoms. The lowest BCUT2D eigenvalue weighted by atomic mass is 10.1. The number of phenols is 2. The summed E-state index contributed by atoms with van der Waals surface area (Å²) in [5.41, 5.74) is 7.23. The average molecular weight is 300 g/mol. The molecule has 0 amide bonds. The second-order valence-electron chi connectivity index (χ2n) is 4.83. The summed E-state index contributed by atoms with van der Waals surface area (Å²) in [6.07, 6.45) is 0.910. The van der Waals surface area contributed by atoms with E-state index in [1.807, 2.05) is 12.1 Å². The number of nitrogens with two attached hydrogens (primary N) is 1. The molecule has 0 saturated carbocycles. The van der Waals surface area contributed by atoms with Crippen molar-refractivity contribution in [3.63, 3.8) is 0 Å². The van der Waals surface area contributed by atoms with Crippen molar-refractivity contribution in [3.05, 3.63) is 36.4 Å². The van der Waals surface area contributed by atoms with Gasteiger partial charge in [0, 0.05) is 15.7 Å². The van der Waals surface area contributed by atoms with Gasteiger partial charge in [0.25, 0.3) is 0 Å². The van der Waals surface area contributed by atoms with E-state index >= 15 is 0 Å². The van der Waals surface area contributed by atoms with Gasteiger partial charge >= 0.3 is 0 Å². The minimum Gasteiger partial charge on any atom is -0.508 e. The molecule has 0 radical (unpaired) electrons. The van der Waals surface area contributed by atoms with Crippen molar-refractivity contribution in [1.29, 1.82) is 0 Å². The minimum absolute atomic E-state index is 0.212. The maximum atomic E-state index is 9.75. The number of fused-ring (bicyclic) bond motifs is 2.